The van der Waals surface area contributed by atoms with E-state index in [1.807, 2.05) is 4.90 Å². The molecule has 2 amide bonds. The first-order valence-electron chi connectivity index (χ1n) is 9.08. The zero-order valence-corrected chi connectivity index (χ0v) is 13.9. The summed E-state index contributed by atoms with van der Waals surface area (Å²) in [5.41, 5.74) is -0.787. The molecule has 3 heterocycles. The number of hydrogen-bond donors (Lipinski definition) is 2. The van der Waals surface area contributed by atoms with Gasteiger partial charge in [0.15, 0.2) is 0 Å². The molecule has 2 atom stereocenters. The number of aliphatic hydroxyl groups is 1. The molecule has 0 aliphatic carbocycles. The number of piperidine rings is 2. The second kappa shape index (κ2) is 7.18. The van der Waals surface area contributed by atoms with Crippen LogP contribution >= 0.6 is 0 Å². The minimum Gasteiger partial charge on any atom is -0.392 e. The van der Waals surface area contributed by atoms with E-state index in [0.717, 1.165) is 19.5 Å². The van der Waals surface area contributed by atoms with Crippen molar-refractivity contribution >= 4 is 11.8 Å². The van der Waals surface area contributed by atoms with Crippen molar-refractivity contribution in [2.45, 2.75) is 51.0 Å². The second-order valence-electron chi connectivity index (χ2n) is 7.33. The normalized spacial score (nSPS) is 33.3. The first-order valence-corrected chi connectivity index (χ1v) is 9.08. The largest absolute Gasteiger partial charge is 0.392 e. The number of nitrogens with zero attached hydrogens (tertiary/aromatic N) is 2. The van der Waals surface area contributed by atoms with Crippen LogP contribution in [0.5, 0.6) is 0 Å². The summed E-state index contributed by atoms with van der Waals surface area (Å²) >= 11 is 0. The summed E-state index contributed by atoms with van der Waals surface area (Å²) in [6.07, 6.45) is 6.25. The molecule has 0 radical (unpaired) electrons. The number of rotatable bonds is 2. The van der Waals surface area contributed by atoms with Gasteiger partial charge in [-0.1, -0.05) is 12.8 Å². The smallest absolute Gasteiger partial charge is 0.236 e. The van der Waals surface area contributed by atoms with Gasteiger partial charge in [-0.25, -0.2) is 0 Å². The Balaban J connectivity index is 1.63. The summed E-state index contributed by atoms with van der Waals surface area (Å²) in [6.45, 7) is 4.04. The average Bonchev–Trinajstić information content (AvgIpc) is 2.81. The van der Waals surface area contributed by atoms with E-state index in [4.69, 9.17) is 0 Å². The van der Waals surface area contributed by atoms with Crippen LogP contribution in [0.3, 0.4) is 0 Å². The lowest BCUT2D eigenvalue weighted by molar-refractivity contribution is -0.155. The number of likely N-dealkylation sites (tertiary alicyclic amines) is 2. The Hall–Kier alpha value is -1.14. The average molecular weight is 323 g/mol. The van der Waals surface area contributed by atoms with Gasteiger partial charge in [-0.05, 0) is 45.2 Å². The molecule has 0 aromatic heterocycles. The number of amides is 2. The van der Waals surface area contributed by atoms with Crippen LogP contribution in [0, 0.1) is 5.41 Å². The maximum atomic E-state index is 12.7. The molecule has 3 rings (SSSR count). The van der Waals surface area contributed by atoms with Crippen molar-refractivity contribution < 1.29 is 14.7 Å². The minimum absolute atomic E-state index is 0.0801. The fourth-order valence-electron chi connectivity index (χ4n) is 4.24. The predicted molar refractivity (Wildman–Crippen MR) is 86.8 cm³/mol. The summed E-state index contributed by atoms with van der Waals surface area (Å²) in [5.74, 6) is 0.0278. The topological polar surface area (TPSA) is 72.9 Å². The molecule has 3 aliphatic rings. The van der Waals surface area contributed by atoms with Crippen LogP contribution in [0.2, 0.25) is 0 Å². The molecule has 3 fully saturated rings. The number of aliphatic hydroxyl groups excluding tert-OH is 1. The monoisotopic (exact) mass is 323 g/mol. The Morgan fingerprint density at radius 2 is 1.91 bits per heavy atom. The summed E-state index contributed by atoms with van der Waals surface area (Å²) in [6, 6.07) is 0. The Morgan fingerprint density at radius 3 is 2.61 bits per heavy atom. The number of carbonyl (C=O) groups excluding carboxylic acids is 2. The molecule has 23 heavy (non-hydrogen) atoms. The first kappa shape index (κ1) is 16.7. The van der Waals surface area contributed by atoms with Gasteiger partial charge in [0, 0.05) is 19.6 Å². The maximum absolute atomic E-state index is 12.7. The van der Waals surface area contributed by atoms with Crippen molar-refractivity contribution in [1.82, 2.24) is 15.1 Å². The van der Waals surface area contributed by atoms with Gasteiger partial charge in [-0.2, -0.15) is 0 Å². The number of carbonyl (C=O) groups is 2. The molecule has 0 unspecified atom stereocenters. The van der Waals surface area contributed by atoms with Crippen molar-refractivity contribution in [1.29, 1.82) is 0 Å². The zero-order chi connectivity index (χ0) is 16.3. The van der Waals surface area contributed by atoms with Crippen LogP contribution in [-0.2, 0) is 9.59 Å². The van der Waals surface area contributed by atoms with Gasteiger partial charge in [0.2, 0.25) is 11.8 Å². The van der Waals surface area contributed by atoms with E-state index in [1.165, 1.54) is 25.7 Å². The molecule has 130 valence electrons. The maximum Gasteiger partial charge on any atom is 0.236 e. The van der Waals surface area contributed by atoms with Crippen LogP contribution in [0.15, 0.2) is 0 Å². The summed E-state index contributed by atoms with van der Waals surface area (Å²) in [4.78, 5) is 29.1. The number of nitrogens with one attached hydrogen (secondary N) is 1. The van der Waals surface area contributed by atoms with Crippen molar-refractivity contribution in [3.8, 4) is 0 Å². The van der Waals surface area contributed by atoms with Gasteiger partial charge in [0.25, 0.3) is 0 Å². The molecule has 0 aromatic carbocycles. The Labute approximate surface area is 138 Å². The highest BCUT2D eigenvalue weighted by Gasteiger charge is 2.50. The van der Waals surface area contributed by atoms with E-state index in [2.05, 4.69) is 10.2 Å². The Morgan fingerprint density at radius 1 is 1.17 bits per heavy atom. The highest BCUT2D eigenvalue weighted by atomic mass is 16.3. The SMILES string of the molecule is O=C(CN1CCCCCC1)N1CC[C@H](O)[C@@]2(CCCNC2=O)C1. The number of hydrogen-bond acceptors (Lipinski definition) is 4. The fourth-order valence-corrected chi connectivity index (χ4v) is 4.24. The molecule has 6 heteroatoms. The lowest BCUT2D eigenvalue weighted by atomic mass is 9.71. The summed E-state index contributed by atoms with van der Waals surface area (Å²) < 4.78 is 0. The van der Waals surface area contributed by atoms with Gasteiger partial charge in [0.05, 0.1) is 18.1 Å². The third-order valence-corrected chi connectivity index (χ3v) is 5.73. The summed E-state index contributed by atoms with van der Waals surface area (Å²) in [5, 5.41) is 13.3. The van der Waals surface area contributed by atoms with E-state index in [0.29, 0.717) is 39.0 Å². The lowest BCUT2D eigenvalue weighted by Gasteiger charge is -2.47. The molecular formula is C17H29N3O3. The van der Waals surface area contributed by atoms with E-state index in [9.17, 15) is 14.7 Å². The fraction of sp³-hybridized carbons (Fsp3) is 0.882. The highest BCUT2D eigenvalue weighted by molar-refractivity contribution is 5.86. The molecule has 2 N–H and O–H groups in total. The van der Waals surface area contributed by atoms with Crippen LogP contribution in [0.4, 0.5) is 0 Å². The van der Waals surface area contributed by atoms with Crippen LogP contribution in [0.25, 0.3) is 0 Å². The van der Waals surface area contributed by atoms with E-state index in [-0.39, 0.29) is 11.8 Å². The molecule has 0 bridgehead atoms. The highest BCUT2D eigenvalue weighted by Crippen LogP contribution is 2.37. The Bertz CT molecular complexity index is 448. The van der Waals surface area contributed by atoms with Crippen molar-refractivity contribution in [3.05, 3.63) is 0 Å². The third kappa shape index (κ3) is 3.53. The van der Waals surface area contributed by atoms with Crippen LogP contribution < -0.4 is 5.32 Å². The third-order valence-electron chi connectivity index (χ3n) is 5.73. The molecule has 1 spiro atoms. The van der Waals surface area contributed by atoms with Gasteiger partial charge >= 0.3 is 0 Å². The standard InChI is InChI=1S/C17H29N3O3/c21-14-6-11-20(13-17(14)7-5-8-18-16(17)23)15(22)12-19-9-3-1-2-4-10-19/h14,21H,1-13H2,(H,18,23)/t14-,17+/m0/s1. The van der Waals surface area contributed by atoms with E-state index < -0.39 is 11.5 Å². The molecule has 6 nitrogen and oxygen atoms in total. The molecule has 3 saturated heterocycles. The molecule has 3 aliphatic heterocycles. The molecule has 0 aromatic rings. The van der Waals surface area contributed by atoms with E-state index in [1.54, 1.807) is 0 Å². The van der Waals surface area contributed by atoms with Gasteiger partial charge in [-0.3, -0.25) is 14.5 Å². The lowest BCUT2D eigenvalue weighted by Crippen LogP contribution is -2.62. The first-order chi connectivity index (χ1) is 11.1. The zero-order valence-electron chi connectivity index (χ0n) is 13.9. The predicted octanol–water partition coefficient (Wildman–Crippen LogP) is 0.352. The van der Waals surface area contributed by atoms with Gasteiger partial charge < -0.3 is 15.3 Å². The van der Waals surface area contributed by atoms with Crippen molar-refractivity contribution in [3.63, 3.8) is 0 Å². The van der Waals surface area contributed by atoms with Crippen molar-refractivity contribution in [2.24, 2.45) is 5.41 Å². The van der Waals surface area contributed by atoms with E-state index >= 15 is 0 Å². The van der Waals surface area contributed by atoms with Crippen LogP contribution in [-0.4, -0.2) is 72.1 Å². The molecular weight excluding hydrogens is 294 g/mol. The van der Waals surface area contributed by atoms with Crippen LogP contribution in [0.1, 0.15) is 44.9 Å². The Kier molecular flexibility index (Phi) is 5.21. The quantitative estimate of drug-likeness (QED) is 0.769. The van der Waals surface area contributed by atoms with Gasteiger partial charge in [-0.15, -0.1) is 0 Å². The second-order valence-corrected chi connectivity index (χ2v) is 7.33. The summed E-state index contributed by atoms with van der Waals surface area (Å²) in [7, 11) is 0. The molecule has 0 saturated carbocycles. The van der Waals surface area contributed by atoms with Gasteiger partial charge in [0.1, 0.15) is 0 Å². The minimum atomic E-state index is -0.787. The van der Waals surface area contributed by atoms with Crippen molar-refractivity contribution in [2.75, 3.05) is 39.3 Å².